The largest absolute Gasteiger partial charge is 0.494 e. The van der Waals surface area contributed by atoms with E-state index in [1.165, 1.54) is 13.2 Å². The first kappa shape index (κ1) is 20.3. The van der Waals surface area contributed by atoms with Crippen LogP contribution in [0, 0.1) is 5.92 Å². The van der Waals surface area contributed by atoms with Crippen LogP contribution in [0.3, 0.4) is 0 Å². The van der Waals surface area contributed by atoms with Crippen molar-refractivity contribution in [1.29, 1.82) is 0 Å². The lowest BCUT2D eigenvalue weighted by atomic mass is 10.1. The third-order valence-electron chi connectivity index (χ3n) is 5.71. The number of amides is 2. The van der Waals surface area contributed by atoms with E-state index in [9.17, 15) is 9.59 Å². The number of aryl methyl sites for hydroxylation is 1. The quantitative estimate of drug-likeness (QED) is 0.331. The molecule has 1 aliphatic carbocycles. The lowest BCUT2D eigenvalue weighted by Gasteiger charge is -2.16. The highest BCUT2D eigenvalue weighted by atomic mass is 16.5. The predicted octanol–water partition coefficient (Wildman–Crippen LogP) is 2.79. The number of aromatic nitrogens is 6. The summed E-state index contributed by atoms with van der Waals surface area (Å²) in [6, 6.07) is 8.47. The van der Waals surface area contributed by atoms with Crippen LogP contribution in [0.2, 0.25) is 0 Å². The van der Waals surface area contributed by atoms with Gasteiger partial charge in [-0.05, 0) is 31.0 Å². The zero-order valence-electron chi connectivity index (χ0n) is 23.0. The first-order valence-corrected chi connectivity index (χ1v) is 11.4. The number of hydrogen-bond donors (Lipinski definition) is 3. The molecule has 4 aromatic rings. The van der Waals surface area contributed by atoms with Crippen LogP contribution >= 0.6 is 0 Å². The highest BCUT2D eigenvalue weighted by molar-refractivity contribution is 6.00. The fourth-order valence-corrected chi connectivity index (χ4v) is 3.69. The van der Waals surface area contributed by atoms with E-state index in [1.807, 2.05) is 24.6 Å². The topological polar surface area (TPSA) is 149 Å². The molecule has 188 valence electrons. The smallest absolute Gasteiger partial charge is 0.273 e. The second-order valence-electron chi connectivity index (χ2n) is 8.39. The first-order chi connectivity index (χ1) is 19.1. The highest BCUT2D eigenvalue weighted by Gasteiger charge is 2.30. The summed E-state index contributed by atoms with van der Waals surface area (Å²) in [5, 5.41) is 19.8. The van der Waals surface area contributed by atoms with Crippen molar-refractivity contribution < 1.29 is 18.4 Å². The Morgan fingerprint density at radius 3 is 2.62 bits per heavy atom. The minimum atomic E-state index is -2.74. The molecule has 2 amide bonds. The molecule has 0 bridgehead atoms. The van der Waals surface area contributed by atoms with Gasteiger partial charge in [-0.15, -0.1) is 10.2 Å². The van der Waals surface area contributed by atoms with E-state index >= 15 is 0 Å². The average Bonchev–Trinajstić information content (AvgIpc) is 3.68. The number of benzene rings is 1. The Bertz CT molecular complexity index is 1570. The van der Waals surface area contributed by atoms with Crippen molar-refractivity contribution in [1.82, 2.24) is 35.3 Å². The molecular formula is C25H25N9O3. The maximum atomic E-state index is 12.8. The Labute approximate surface area is 216 Å². The summed E-state index contributed by atoms with van der Waals surface area (Å²) in [6.45, 7) is -2.74. The van der Waals surface area contributed by atoms with E-state index in [4.69, 9.17) is 8.85 Å². The van der Waals surface area contributed by atoms with Crippen molar-refractivity contribution in [2.45, 2.75) is 12.8 Å². The molecule has 0 atom stereocenters. The van der Waals surface area contributed by atoms with Crippen LogP contribution in [0.4, 0.5) is 17.2 Å². The molecule has 0 aliphatic heterocycles. The summed E-state index contributed by atoms with van der Waals surface area (Å²) in [5.74, 6) is -0.420. The molecule has 0 radical (unpaired) electrons. The van der Waals surface area contributed by atoms with Crippen LogP contribution in [0.1, 0.15) is 27.4 Å². The number of hydrogen-bond acceptors (Lipinski definition) is 9. The maximum Gasteiger partial charge on any atom is 0.273 e. The number of anilines is 3. The van der Waals surface area contributed by atoms with Crippen molar-refractivity contribution in [3.05, 3.63) is 54.6 Å². The van der Waals surface area contributed by atoms with Gasteiger partial charge in [-0.25, -0.2) is 9.97 Å². The molecule has 1 aromatic carbocycles. The normalized spacial score (nSPS) is 14.2. The second kappa shape index (κ2) is 10.0. The maximum absolute atomic E-state index is 12.8. The van der Waals surface area contributed by atoms with Gasteiger partial charge in [0.15, 0.2) is 23.1 Å². The number of methoxy groups -OCH3 is 1. The molecule has 3 N–H and O–H groups in total. The number of carbonyl (C=O) groups excluding carboxylic acids is 2. The van der Waals surface area contributed by atoms with Gasteiger partial charge in [0.05, 0.1) is 29.7 Å². The number of nitrogens with zero attached hydrogens (tertiary/aromatic N) is 6. The standard InChI is InChI=1S/C25H25N9O3/c1-26-25(36)21-19(11-20(31-32-21)30-24(35)14-7-8-14)29-18-6-4-5-16(22(18)37-3)23-27-12-15(13-28-23)17-9-10-34(2)33-17/h4-6,9-14H,7-8H2,1-3H3,(H,26,36)(H2,29,30,31,35)/i1D3. The first-order valence-electron chi connectivity index (χ1n) is 12.9. The van der Waals surface area contributed by atoms with E-state index in [0.717, 1.165) is 24.1 Å². The molecule has 12 heteroatoms. The Morgan fingerprint density at radius 1 is 1.14 bits per heavy atom. The minimum absolute atomic E-state index is 0.0856. The van der Waals surface area contributed by atoms with Gasteiger partial charge in [-0.3, -0.25) is 14.3 Å². The van der Waals surface area contributed by atoms with Gasteiger partial charge in [0.25, 0.3) is 5.91 Å². The van der Waals surface area contributed by atoms with E-state index in [0.29, 0.717) is 22.8 Å². The highest BCUT2D eigenvalue weighted by Crippen LogP contribution is 2.37. The van der Waals surface area contributed by atoms with Crippen LogP contribution in [0.5, 0.6) is 5.75 Å². The van der Waals surface area contributed by atoms with Crippen LogP contribution in [-0.4, -0.2) is 55.8 Å². The van der Waals surface area contributed by atoms with Gasteiger partial charge in [0, 0.05) is 54.3 Å². The van der Waals surface area contributed by atoms with Crippen LogP contribution in [-0.2, 0) is 11.8 Å². The SMILES string of the molecule is [2H]C([2H])([2H])NC(=O)c1nnc(NC(=O)C2CC2)cc1Nc1cccc(-c2ncc(-c3ccn(C)n3)cn2)c1OC. The van der Waals surface area contributed by atoms with Crippen molar-refractivity contribution in [2.24, 2.45) is 13.0 Å². The minimum Gasteiger partial charge on any atom is -0.494 e. The van der Waals surface area contributed by atoms with Gasteiger partial charge in [0.1, 0.15) is 0 Å². The molecule has 0 saturated heterocycles. The van der Waals surface area contributed by atoms with Crippen molar-refractivity contribution in [3.8, 4) is 28.4 Å². The van der Waals surface area contributed by atoms with Crippen LogP contribution in [0.25, 0.3) is 22.6 Å². The van der Waals surface area contributed by atoms with Crippen LogP contribution in [0.15, 0.2) is 48.9 Å². The molecule has 12 nitrogen and oxygen atoms in total. The number of ether oxygens (including phenoxy) is 1. The molecule has 1 fully saturated rings. The molecule has 37 heavy (non-hydrogen) atoms. The molecule has 3 heterocycles. The third-order valence-corrected chi connectivity index (χ3v) is 5.71. The Hall–Kier alpha value is -4.87. The van der Waals surface area contributed by atoms with Gasteiger partial charge in [0.2, 0.25) is 5.91 Å². The number of nitrogens with one attached hydrogen (secondary N) is 3. The Kier molecular flexibility index (Phi) is 5.50. The van der Waals surface area contributed by atoms with Crippen molar-refractivity contribution >= 4 is 29.0 Å². The Morgan fingerprint density at radius 2 is 1.95 bits per heavy atom. The zero-order chi connectivity index (χ0) is 28.4. The predicted molar refractivity (Wildman–Crippen MR) is 136 cm³/mol. The van der Waals surface area contributed by atoms with Gasteiger partial charge in [-0.2, -0.15) is 5.10 Å². The average molecular weight is 503 g/mol. The summed E-state index contributed by atoms with van der Waals surface area (Å²) in [6.07, 6.45) is 6.72. The van der Waals surface area contributed by atoms with Gasteiger partial charge < -0.3 is 20.7 Å². The summed E-state index contributed by atoms with van der Waals surface area (Å²) in [4.78, 5) is 34.0. The number of carbonyl (C=O) groups is 2. The fourth-order valence-electron chi connectivity index (χ4n) is 3.69. The van der Waals surface area contributed by atoms with Gasteiger partial charge >= 0.3 is 0 Å². The molecule has 1 aliphatic rings. The summed E-state index contributed by atoms with van der Waals surface area (Å²) in [7, 11) is 3.29. The number of para-hydroxylation sites is 1. The second-order valence-corrected chi connectivity index (χ2v) is 8.39. The monoisotopic (exact) mass is 502 g/mol. The molecule has 0 spiro atoms. The molecule has 0 unspecified atom stereocenters. The van der Waals surface area contributed by atoms with E-state index in [-0.39, 0.29) is 29.0 Å². The van der Waals surface area contributed by atoms with E-state index in [2.05, 4.69) is 35.9 Å². The van der Waals surface area contributed by atoms with Crippen LogP contribution < -0.4 is 20.7 Å². The summed E-state index contributed by atoms with van der Waals surface area (Å²) < 4.78 is 29.5. The number of rotatable bonds is 8. The third kappa shape index (κ3) is 5.08. The molecule has 1 saturated carbocycles. The zero-order valence-corrected chi connectivity index (χ0v) is 20.0. The molecular weight excluding hydrogens is 474 g/mol. The Balaban J connectivity index is 1.48. The summed E-state index contributed by atoms with van der Waals surface area (Å²) in [5.41, 5.74) is 2.25. The molecule has 5 rings (SSSR count). The lowest BCUT2D eigenvalue weighted by Crippen LogP contribution is -2.22. The fraction of sp³-hybridized carbons (Fsp3) is 0.240. The van der Waals surface area contributed by atoms with Crippen molar-refractivity contribution in [3.63, 3.8) is 0 Å². The summed E-state index contributed by atoms with van der Waals surface area (Å²) >= 11 is 0. The van der Waals surface area contributed by atoms with E-state index in [1.54, 1.807) is 35.3 Å². The molecule has 3 aromatic heterocycles. The lowest BCUT2D eigenvalue weighted by molar-refractivity contribution is -0.117. The van der Waals surface area contributed by atoms with Gasteiger partial charge in [-0.1, -0.05) is 6.07 Å². The van der Waals surface area contributed by atoms with Crippen molar-refractivity contribution in [2.75, 3.05) is 24.7 Å². The van der Waals surface area contributed by atoms with E-state index < -0.39 is 12.9 Å².